The van der Waals surface area contributed by atoms with Gasteiger partial charge in [0.15, 0.2) is 0 Å². The lowest BCUT2D eigenvalue weighted by Crippen LogP contribution is -2.31. The summed E-state index contributed by atoms with van der Waals surface area (Å²) in [4.78, 5) is 4.08. The van der Waals surface area contributed by atoms with Crippen molar-refractivity contribution in [1.82, 2.24) is 9.71 Å². The molecule has 0 radical (unpaired) electrons. The monoisotopic (exact) mass is 282 g/mol. The molecular weight excluding hydrogens is 268 g/mol. The molecule has 0 aliphatic carbocycles. The molecule has 0 fully saturated rings. The fourth-order valence-electron chi connectivity index (χ4n) is 1.17. The minimum atomic E-state index is -3.20. The fourth-order valence-corrected chi connectivity index (χ4v) is 3.42. The van der Waals surface area contributed by atoms with E-state index in [4.69, 9.17) is 11.6 Å². The van der Waals surface area contributed by atoms with Crippen molar-refractivity contribution >= 4 is 33.0 Å². The van der Waals surface area contributed by atoms with Crippen LogP contribution in [0.25, 0.3) is 0 Å². The number of rotatable bonds is 7. The van der Waals surface area contributed by atoms with Crippen LogP contribution in [0.2, 0.25) is 0 Å². The van der Waals surface area contributed by atoms with E-state index in [0.29, 0.717) is 18.8 Å². The number of hydrogen-bond acceptors (Lipinski definition) is 4. The Kier molecular flexibility index (Phi) is 5.68. The summed E-state index contributed by atoms with van der Waals surface area (Å²) in [5.74, 6) is 0.404. The Bertz CT molecular complexity index is 392. The second-order valence-electron chi connectivity index (χ2n) is 3.61. The summed E-state index contributed by atoms with van der Waals surface area (Å²) < 4.78 is 25.6. The van der Waals surface area contributed by atoms with Crippen LogP contribution in [0.1, 0.15) is 11.9 Å². The normalized spacial score (nSPS) is 13.9. The molecule has 4 nitrogen and oxygen atoms in total. The summed E-state index contributed by atoms with van der Waals surface area (Å²) in [7, 11) is -3.20. The highest BCUT2D eigenvalue weighted by atomic mass is 35.5. The number of hydrogen-bond donors (Lipinski definition) is 1. The molecular formula is C9H15ClN2O2S2. The number of halogens is 1. The number of nitrogens with one attached hydrogen (secondary N) is 1. The van der Waals surface area contributed by atoms with Gasteiger partial charge in [-0.25, -0.2) is 18.1 Å². The van der Waals surface area contributed by atoms with Gasteiger partial charge in [-0.2, -0.15) is 0 Å². The smallest absolute Gasteiger partial charge is 0.211 e. The van der Waals surface area contributed by atoms with Gasteiger partial charge < -0.3 is 0 Å². The van der Waals surface area contributed by atoms with Gasteiger partial charge in [-0.05, 0) is 5.92 Å². The molecule has 1 N–H and O–H groups in total. The summed E-state index contributed by atoms with van der Waals surface area (Å²) in [5, 5.41) is 2.81. The van der Waals surface area contributed by atoms with E-state index >= 15 is 0 Å². The van der Waals surface area contributed by atoms with Crippen LogP contribution in [0.5, 0.6) is 0 Å². The van der Waals surface area contributed by atoms with Crippen LogP contribution in [0.3, 0.4) is 0 Å². The van der Waals surface area contributed by atoms with E-state index in [1.54, 1.807) is 6.20 Å². The summed E-state index contributed by atoms with van der Waals surface area (Å²) in [6.07, 6.45) is 2.34. The molecule has 0 aliphatic heterocycles. The van der Waals surface area contributed by atoms with Crippen molar-refractivity contribution < 1.29 is 8.42 Å². The van der Waals surface area contributed by atoms with Crippen molar-refractivity contribution in [3.63, 3.8) is 0 Å². The predicted octanol–water partition coefficient (Wildman–Crippen LogP) is 1.48. The summed E-state index contributed by atoms with van der Waals surface area (Å²) in [5.41, 5.74) is 0. The maximum atomic E-state index is 11.5. The highest BCUT2D eigenvalue weighted by molar-refractivity contribution is 7.89. The van der Waals surface area contributed by atoms with Gasteiger partial charge in [0.05, 0.1) is 10.8 Å². The highest BCUT2D eigenvalue weighted by Gasteiger charge is 2.14. The topological polar surface area (TPSA) is 59.1 Å². The van der Waals surface area contributed by atoms with Gasteiger partial charge in [0, 0.05) is 30.4 Å². The molecule has 0 amide bonds. The third-order valence-corrected chi connectivity index (χ3v) is 4.93. The van der Waals surface area contributed by atoms with Crippen molar-refractivity contribution in [2.24, 2.45) is 5.92 Å². The Morgan fingerprint density at radius 1 is 1.62 bits per heavy atom. The molecule has 1 aromatic rings. The minimum absolute atomic E-state index is 0.0287. The molecule has 0 aliphatic rings. The molecule has 0 saturated carbocycles. The second-order valence-corrected chi connectivity index (χ2v) is 6.75. The summed E-state index contributed by atoms with van der Waals surface area (Å²) in [6.45, 7) is 2.21. The largest absolute Gasteiger partial charge is 0.250 e. The van der Waals surface area contributed by atoms with Gasteiger partial charge in [-0.1, -0.05) is 6.92 Å². The average molecular weight is 283 g/mol. The Morgan fingerprint density at radius 3 is 2.94 bits per heavy atom. The maximum Gasteiger partial charge on any atom is 0.211 e. The first-order valence-corrected chi connectivity index (χ1v) is 8.02. The number of nitrogens with zero attached hydrogens (tertiary/aromatic N) is 1. The van der Waals surface area contributed by atoms with Crippen LogP contribution in [0.15, 0.2) is 11.6 Å². The molecule has 1 unspecified atom stereocenters. The third-order valence-electron chi connectivity index (χ3n) is 1.91. The molecule has 0 saturated heterocycles. The van der Waals surface area contributed by atoms with Crippen LogP contribution in [-0.4, -0.2) is 31.6 Å². The molecule has 0 aromatic carbocycles. The van der Waals surface area contributed by atoms with Crippen molar-refractivity contribution in [3.05, 3.63) is 16.6 Å². The Hall–Kier alpha value is -0.170. The standard InChI is InChI=1S/C9H15ClN2O2S2/c1-8(6-10)7-16(13,14)12-3-2-9-11-4-5-15-9/h4-5,8,12H,2-3,6-7H2,1H3. The SMILES string of the molecule is CC(CCl)CS(=O)(=O)NCCc1nccs1. The first-order chi connectivity index (χ1) is 7.53. The van der Waals surface area contributed by atoms with E-state index in [1.807, 2.05) is 12.3 Å². The Labute approximate surface area is 105 Å². The second kappa shape index (κ2) is 6.54. The molecule has 16 heavy (non-hydrogen) atoms. The maximum absolute atomic E-state index is 11.5. The van der Waals surface area contributed by atoms with E-state index in [9.17, 15) is 8.42 Å². The summed E-state index contributed by atoms with van der Waals surface area (Å²) in [6, 6.07) is 0. The number of thiazole rings is 1. The first kappa shape index (κ1) is 13.9. The summed E-state index contributed by atoms with van der Waals surface area (Å²) >= 11 is 7.10. The number of sulfonamides is 1. The molecule has 0 bridgehead atoms. The predicted molar refractivity (Wildman–Crippen MR) is 67.5 cm³/mol. The van der Waals surface area contributed by atoms with E-state index in [0.717, 1.165) is 5.01 Å². The molecule has 1 aromatic heterocycles. The van der Waals surface area contributed by atoms with Gasteiger partial charge in [0.1, 0.15) is 0 Å². The van der Waals surface area contributed by atoms with Gasteiger partial charge in [0.25, 0.3) is 0 Å². The van der Waals surface area contributed by atoms with E-state index < -0.39 is 10.0 Å². The first-order valence-electron chi connectivity index (χ1n) is 4.95. The minimum Gasteiger partial charge on any atom is -0.250 e. The Balaban J connectivity index is 2.31. The van der Waals surface area contributed by atoms with Gasteiger partial charge in [-0.15, -0.1) is 22.9 Å². The number of aromatic nitrogens is 1. The highest BCUT2D eigenvalue weighted by Crippen LogP contribution is 2.05. The zero-order valence-corrected chi connectivity index (χ0v) is 11.4. The fraction of sp³-hybridized carbons (Fsp3) is 0.667. The zero-order chi connectivity index (χ0) is 12.0. The zero-order valence-electron chi connectivity index (χ0n) is 9.02. The van der Waals surface area contributed by atoms with Crippen LogP contribution in [0, 0.1) is 5.92 Å². The third kappa shape index (κ3) is 5.25. The molecule has 1 atom stereocenters. The molecule has 1 heterocycles. The average Bonchev–Trinajstić information content (AvgIpc) is 2.69. The quantitative estimate of drug-likeness (QED) is 0.771. The Morgan fingerprint density at radius 2 is 2.38 bits per heavy atom. The lowest BCUT2D eigenvalue weighted by molar-refractivity contribution is 0.569. The van der Waals surface area contributed by atoms with Gasteiger partial charge in [-0.3, -0.25) is 0 Å². The van der Waals surface area contributed by atoms with Crippen molar-refractivity contribution in [2.75, 3.05) is 18.2 Å². The number of alkyl halides is 1. The van der Waals surface area contributed by atoms with Crippen LogP contribution in [0.4, 0.5) is 0 Å². The van der Waals surface area contributed by atoms with Crippen LogP contribution < -0.4 is 4.72 Å². The van der Waals surface area contributed by atoms with E-state index in [-0.39, 0.29) is 11.7 Å². The molecule has 7 heteroatoms. The lowest BCUT2D eigenvalue weighted by atomic mass is 10.3. The van der Waals surface area contributed by atoms with E-state index in [2.05, 4.69) is 9.71 Å². The molecule has 0 spiro atoms. The van der Waals surface area contributed by atoms with E-state index in [1.165, 1.54) is 11.3 Å². The lowest BCUT2D eigenvalue weighted by Gasteiger charge is -2.09. The van der Waals surface area contributed by atoms with Crippen LogP contribution >= 0.6 is 22.9 Å². The van der Waals surface area contributed by atoms with Crippen LogP contribution in [-0.2, 0) is 16.4 Å². The van der Waals surface area contributed by atoms with Gasteiger partial charge >= 0.3 is 0 Å². The van der Waals surface area contributed by atoms with Crippen molar-refractivity contribution in [3.8, 4) is 0 Å². The van der Waals surface area contributed by atoms with Crippen molar-refractivity contribution in [2.45, 2.75) is 13.3 Å². The van der Waals surface area contributed by atoms with Crippen molar-refractivity contribution in [1.29, 1.82) is 0 Å². The van der Waals surface area contributed by atoms with Gasteiger partial charge in [0.2, 0.25) is 10.0 Å². The molecule has 92 valence electrons. The molecule has 1 rings (SSSR count).